The van der Waals surface area contributed by atoms with Crippen LogP contribution in [0.3, 0.4) is 0 Å². The molecule has 1 aromatic heterocycles. The highest BCUT2D eigenvalue weighted by molar-refractivity contribution is 7.11. The summed E-state index contributed by atoms with van der Waals surface area (Å²) in [4.78, 5) is 31.6. The van der Waals surface area contributed by atoms with Crippen LogP contribution in [0, 0.1) is 13.8 Å². The number of amides is 1. The molecule has 1 aromatic rings. The molecular weight excluding hydrogens is 300 g/mol. The fourth-order valence-corrected chi connectivity index (χ4v) is 3.54. The standard InChI is InChI=1S/C16H24N2O3S/c1-10-14(17-11(2)22-10)13(19)9-12-7-6-8-18(12)15(20)21-16(3,4)5/h12H,6-9H2,1-5H3. The Kier molecular flexibility index (Phi) is 4.90. The van der Waals surface area contributed by atoms with Crippen LogP contribution in [0.15, 0.2) is 0 Å². The molecule has 1 aliphatic heterocycles. The van der Waals surface area contributed by atoms with Crippen LogP contribution in [0.2, 0.25) is 0 Å². The quantitative estimate of drug-likeness (QED) is 0.795. The van der Waals surface area contributed by atoms with Gasteiger partial charge in [0.1, 0.15) is 11.3 Å². The summed E-state index contributed by atoms with van der Waals surface area (Å²) in [6.07, 6.45) is 1.75. The minimum Gasteiger partial charge on any atom is -0.444 e. The van der Waals surface area contributed by atoms with Gasteiger partial charge in [0, 0.05) is 23.9 Å². The molecule has 0 aromatic carbocycles. The molecule has 0 N–H and O–H groups in total. The molecule has 2 heterocycles. The highest BCUT2D eigenvalue weighted by Gasteiger charge is 2.34. The first-order valence-corrected chi connectivity index (χ1v) is 8.46. The number of thiazole rings is 1. The summed E-state index contributed by atoms with van der Waals surface area (Å²) in [5.41, 5.74) is 0.0372. The zero-order valence-corrected chi connectivity index (χ0v) is 14.7. The topological polar surface area (TPSA) is 59.5 Å². The van der Waals surface area contributed by atoms with E-state index in [1.165, 1.54) is 11.3 Å². The summed E-state index contributed by atoms with van der Waals surface area (Å²) in [7, 11) is 0. The molecule has 1 saturated heterocycles. The van der Waals surface area contributed by atoms with E-state index < -0.39 is 5.60 Å². The van der Waals surface area contributed by atoms with Crippen molar-refractivity contribution in [2.75, 3.05) is 6.54 Å². The number of carbonyl (C=O) groups is 2. The van der Waals surface area contributed by atoms with Crippen LogP contribution in [-0.2, 0) is 4.74 Å². The second-order valence-corrected chi connectivity index (χ2v) is 8.14. The van der Waals surface area contributed by atoms with E-state index in [0.29, 0.717) is 18.7 Å². The lowest BCUT2D eigenvalue weighted by atomic mass is 10.1. The largest absolute Gasteiger partial charge is 0.444 e. The molecule has 6 heteroatoms. The molecule has 2 rings (SSSR count). The zero-order chi connectivity index (χ0) is 16.5. The van der Waals surface area contributed by atoms with Gasteiger partial charge >= 0.3 is 6.09 Å². The summed E-state index contributed by atoms with van der Waals surface area (Å²) in [5, 5.41) is 0.899. The van der Waals surface area contributed by atoms with Gasteiger partial charge in [-0.1, -0.05) is 0 Å². The number of ether oxygens (including phenoxy) is 1. The smallest absolute Gasteiger partial charge is 0.410 e. The van der Waals surface area contributed by atoms with Gasteiger partial charge in [0.15, 0.2) is 5.78 Å². The van der Waals surface area contributed by atoms with Crippen molar-refractivity contribution in [2.45, 2.75) is 65.5 Å². The summed E-state index contributed by atoms with van der Waals surface area (Å²) < 4.78 is 5.43. The Balaban J connectivity index is 2.03. The van der Waals surface area contributed by atoms with Crippen molar-refractivity contribution >= 4 is 23.2 Å². The first-order chi connectivity index (χ1) is 10.2. The van der Waals surface area contributed by atoms with Gasteiger partial charge in [-0.15, -0.1) is 11.3 Å². The normalized spacial score (nSPS) is 18.6. The lowest BCUT2D eigenvalue weighted by Crippen LogP contribution is -2.40. The van der Waals surface area contributed by atoms with Crippen molar-refractivity contribution < 1.29 is 14.3 Å². The van der Waals surface area contributed by atoms with Gasteiger partial charge in [-0.05, 0) is 47.5 Å². The van der Waals surface area contributed by atoms with Crippen LogP contribution < -0.4 is 0 Å². The minimum absolute atomic E-state index is 0.0160. The maximum Gasteiger partial charge on any atom is 0.410 e. The van der Waals surface area contributed by atoms with Crippen LogP contribution >= 0.6 is 11.3 Å². The van der Waals surface area contributed by atoms with E-state index in [0.717, 1.165) is 22.7 Å². The van der Waals surface area contributed by atoms with Crippen LogP contribution in [0.25, 0.3) is 0 Å². The summed E-state index contributed by atoms with van der Waals surface area (Å²) >= 11 is 1.53. The van der Waals surface area contributed by atoms with Crippen molar-refractivity contribution in [3.8, 4) is 0 Å². The lowest BCUT2D eigenvalue weighted by Gasteiger charge is -2.28. The molecule has 0 aliphatic carbocycles. The second kappa shape index (κ2) is 6.36. The van der Waals surface area contributed by atoms with Gasteiger partial charge in [0.05, 0.1) is 5.01 Å². The monoisotopic (exact) mass is 324 g/mol. The Bertz CT molecular complexity index is 574. The molecule has 1 unspecified atom stereocenters. The third-order valence-electron chi connectivity index (χ3n) is 3.59. The molecule has 0 bridgehead atoms. The van der Waals surface area contributed by atoms with Gasteiger partial charge in [-0.25, -0.2) is 9.78 Å². The minimum atomic E-state index is -0.517. The molecule has 1 atom stereocenters. The maximum absolute atomic E-state index is 12.5. The third-order valence-corrected chi connectivity index (χ3v) is 4.48. The Hall–Kier alpha value is -1.43. The summed E-state index contributed by atoms with van der Waals surface area (Å²) in [6, 6.07) is -0.0799. The Morgan fingerprint density at radius 3 is 2.59 bits per heavy atom. The summed E-state index contributed by atoms with van der Waals surface area (Å²) in [6.45, 7) is 10.0. The van der Waals surface area contributed by atoms with E-state index >= 15 is 0 Å². The van der Waals surface area contributed by atoms with Gasteiger partial charge in [0.2, 0.25) is 0 Å². The Labute approximate surface area is 135 Å². The first-order valence-electron chi connectivity index (χ1n) is 7.64. The van der Waals surface area contributed by atoms with Crippen LogP contribution in [-0.4, -0.2) is 39.9 Å². The van der Waals surface area contributed by atoms with Crippen LogP contribution in [0.4, 0.5) is 4.79 Å². The molecule has 0 spiro atoms. The molecule has 0 saturated carbocycles. The molecule has 22 heavy (non-hydrogen) atoms. The van der Waals surface area contributed by atoms with Gasteiger partial charge in [-0.2, -0.15) is 0 Å². The number of ketones is 1. The number of nitrogens with zero attached hydrogens (tertiary/aromatic N) is 2. The number of hydrogen-bond acceptors (Lipinski definition) is 5. The highest BCUT2D eigenvalue weighted by Crippen LogP contribution is 2.26. The van der Waals surface area contributed by atoms with Crippen molar-refractivity contribution in [1.82, 2.24) is 9.88 Å². The fraction of sp³-hybridized carbons (Fsp3) is 0.688. The maximum atomic E-state index is 12.5. The van der Waals surface area contributed by atoms with Crippen LogP contribution in [0.1, 0.15) is 60.4 Å². The van der Waals surface area contributed by atoms with Crippen LogP contribution in [0.5, 0.6) is 0 Å². The number of aromatic nitrogens is 1. The number of aryl methyl sites for hydroxylation is 2. The number of likely N-dealkylation sites (tertiary alicyclic amines) is 1. The molecule has 1 amide bonds. The molecule has 1 fully saturated rings. The van der Waals surface area contributed by atoms with Gasteiger partial charge < -0.3 is 9.64 Å². The van der Waals surface area contributed by atoms with E-state index in [9.17, 15) is 9.59 Å². The number of rotatable bonds is 3. The van der Waals surface area contributed by atoms with E-state index in [1.54, 1.807) is 4.90 Å². The molecule has 122 valence electrons. The average molecular weight is 324 g/mol. The Morgan fingerprint density at radius 1 is 1.36 bits per heavy atom. The predicted octanol–water partition coefficient (Wildman–Crippen LogP) is 3.73. The third kappa shape index (κ3) is 4.06. The van der Waals surface area contributed by atoms with E-state index in [2.05, 4.69) is 4.98 Å². The number of carbonyl (C=O) groups excluding carboxylic acids is 2. The average Bonchev–Trinajstić information content (AvgIpc) is 2.93. The van der Waals surface area contributed by atoms with E-state index in [1.807, 2.05) is 34.6 Å². The lowest BCUT2D eigenvalue weighted by molar-refractivity contribution is 0.0223. The molecule has 0 radical (unpaired) electrons. The fourth-order valence-electron chi connectivity index (χ4n) is 2.71. The summed E-state index contributed by atoms with van der Waals surface area (Å²) in [5.74, 6) is 0.0160. The highest BCUT2D eigenvalue weighted by atomic mass is 32.1. The SMILES string of the molecule is Cc1nc(C(=O)CC2CCCN2C(=O)OC(C)(C)C)c(C)s1. The Morgan fingerprint density at radius 2 is 2.05 bits per heavy atom. The van der Waals surface area contributed by atoms with Gasteiger partial charge in [-0.3, -0.25) is 4.79 Å². The number of hydrogen-bond donors (Lipinski definition) is 0. The second-order valence-electron chi connectivity index (χ2n) is 6.73. The van der Waals surface area contributed by atoms with E-state index in [-0.39, 0.29) is 17.9 Å². The van der Waals surface area contributed by atoms with Crippen molar-refractivity contribution in [2.24, 2.45) is 0 Å². The molecular formula is C16H24N2O3S. The van der Waals surface area contributed by atoms with Crippen molar-refractivity contribution in [3.63, 3.8) is 0 Å². The van der Waals surface area contributed by atoms with Gasteiger partial charge in [0.25, 0.3) is 0 Å². The molecule has 1 aliphatic rings. The predicted molar refractivity (Wildman–Crippen MR) is 86.5 cm³/mol. The zero-order valence-electron chi connectivity index (χ0n) is 13.9. The van der Waals surface area contributed by atoms with Crippen molar-refractivity contribution in [3.05, 3.63) is 15.6 Å². The van der Waals surface area contributed by atoms with E-state index in [4.69, 9.17) is 4.74 Å². The number of Topliss-reactive ketones (excluding diaryl/α,β-unsaturated/α-hetero) is 1. The van der Waals surface area contributed by atoms with Crippen molar-refractivity contribution in [1.29, 1.82) is 0 Å². The first kappa shape index (κ1) is 16.9. The molecule has 5 nitrogen and oxygen atoms in total.